The summed E-state index contributed by atoms with van der Waals surface area (Å²) in [5.41, 5.74) is 2.18. The molecule has 1 aromatic heterocycles. The van der Waals surface area contributed by atoms with E-state index in [4.69, 9.17) is 0 Å². The second kappa shape index (κ2) is 6.75. The van der Waals surface area contributed by atoms with Crippen LogP contribution in [0.3, 0.4) is 0 Å². The molecule has 0 aliphatic rings. The summed E-state index contributed by atoms with van der Waals surface area (Å²) in [5.74, 6) is 1.79. The highest BCUT2D eigenvalue weighted by atomic mass is 15.3. The maximum atomic E-state index is 4.43. The van der Waals surface area contributed by atoms with Crippen LogP contribution in [0.5, 0.6) is 0 Å². The number of hydrogen-bond acceptors (Lipinski definition) is 2. The van der Waals surface area contributed by atoms with Gasteiger partial charge in [-0.25, -0.2) is 4.98 Å². The molecule has 2 N–H and O–H groups in total. The van der Waals surface area contributed by atoms with Crippen LogP contribution < -0.4 is 5.32 Å². The van der Waals surface area contributed by atoms with E-state index in [2.05, 4.69) is 39.3 Å². The van der Waals surface area contributed by atoms with Gasteiger partial charge in [-0.15, -0.1) is 0 Å². The molecule has 0 spiro atoms. The Kier molecular flexibility index (Phi) is 4.76. The molecule has 2 aromatic rings. The van der Waals surface area contributed by atoms with Crippen LogP contribution in [-0.2, 0) is 6.54 Å². The highest BCUT2D eigenvalue weighted by Crippen LogP contribution is 2.16. The lowest BCUT2D eigenvalue weighted by molar-refractivity contribution is 0.466. The number of imidazole rings is 1. The molecular weight excluding hydrogens is 250 g/mol. The molecule has 0 atom stereocenters. The highest BCUT2D eigenvalue weighted by molar-refractivity contribution is 5.79. The quantitative estimate of drug-likeness (QED) is 0.661. The van der Waals surface area contributed by atoms with E-state index in [0.717, 1.165) is 29.6 Å². The molecule has 0 aliphatic heterocycles. The fraction of sp³-hybridized carbons (Fsp3) is 0.333. The van der Waals surface area contributed by atoms with Crippen molar-refractivity contribution >= 4 is 5.96 Å². The summed E-state index contributed by atoms with van der Waals surface area (Å²) >= 11 is 0. The molecule has 0 bridgehead atoms. The molecule has 0 saturated carbocycles. The summed E-state index contributed by atoms with van der Waals surface area (Å²) in [6.45, 7) is 3.59. The number of hydrogen-bond donors (Lipinski definition) is 2. The lowest BCUT2D eigenvalue weighted by Gasteiger charge is -2.20. The standard InChI is InChI=1S/C15H21N5/c1-4-17-15(16-2)20(3)11-14-18-10-13(19-14)12-8-6-5-7-9-12/h5-10H,4,11H2,1-3H3,(H,16,17)(H,18,19). The average Bonchev–Trinajstić information content (AvgIpc) is 2.94. The molecule has 0 saturated heterocycles. The van der Waals surface area contributed by atoms with Gasteiger partial charge in [0.2, 0.25) is 0 Å². The van der Waals surface area contributed by atoms with Crippen molar-refractivity contribution in [1.82, 2.24) is 20.2 Å². The van der Waals surface area contributed by atoms with Crippen LogP contribution in [0.25, 0.3) is 11.3 Å². The van der Waals surface area contributed by atoms with Gasteiger partial charge in [-0.1, -0.05) is 30.3 Å². The molecule has 0 fully saturated rings. The molecule has 5 heteroatoms. The minimum Gasteiger partial charge on any atom is -0.357 e. The third-order valence-electron chi connectivity index (χ3n) is 3.01. The normalized spacial score (nSPS) is 11.4. The molecule has 0 aliphatic carbocycles. The predicted molar refractivity (Wildman–Crippen MR) is 82.5 cm³/mol. The Balaban J connectivity index is 2.06. The minimum atomic E-state index is 0.687. The number of aromatic nitrogens is 2. The van der Waals surface area contributed by atoms with E-state index < -0.39 is 0 Å². The molecule has 2 rings (SSSR count). The molecule has 20 heavy (non-hydrogen) atoms. The second-order valence-electron chi connectivity index (χ2n) is 4.54. The smallest absolute Gasteiger partial charge is 0.193 e. The molecule has 0 radical (unpaired) electrons. The monoisotopic (exact) mass is 271 g/mol. The second-order valence-corrected chi connectivity index (χ2v) is 4.54. The first kappa shape index (κ1) is 14.1. The summed E-state index contributed by atoms with van der Waals surface area (Å²) in [4.78, 5) is 14.0. The maximum Gasteiger partial charge on any atom is 0.193 e. The number of nitrogens with zero attached hydrogens (tertiary/aromatic N) is 3. The summed E-state index contributed by atoms with van der Waals surface area (Å²) in [7, 11) is 3.78. The van der Waals surface area contributed by atoms with Crippen molar-refractivity contribution in [3.8, 4) is 11.3 Å². The van der Waals surface area contributed by atoms with Crippen LogP contribution in [0.4, 0.5) is 0 Å². The Morgan fingerprint density at radius 3 is 2.75 bits per heavy atom. The van der Waals surface area contributed by atoms with Gasteiger partial charge in [0.15, 0.2) is 5.96 Å². The third kappa shape index (κ3) is 3.38. The summed E-state index contributed by atoms with van der Waals surface area (Å²) < 4.78 is 0. The molecule has 1 heterocycles. The van der Waals surface area contributed by atoms with E-state index in [0.29, 0.717) is 6.54 Å². The van der Waals surface area contributed by atoms with Crippen molar-refractivity contribution in [1.29, 1.82) is 0 Å². The van der Waals surface area contributed by atoms with Gasteiger partial charge in [0, 0.05) is 20.6 Å². The van der Waals surface area contributed by atoms with Crippen LogP contribution in [0.1, 0.15) is 12.7 Å². The van der Waals surface area contributed by atoms with Crippen LogP contribution in [0.15, 0.2) is 41.5 Å². The summed E-state index contributed by atoms with van der Waals surface area (Å²) in [6, 6.07) is 10.2. The number of H-pyrrole nitrogens is 1. The Labute approximate surface area is 119 Å². The van der Waals surface area contributed by atoms with Gasteiger partial charge < -0.3 is 15.2 Å². The highest BCUT2D eigenvalue weighted by Gasteiger charge is 2.08. The maximum absolute atomic E-state index is 4.43. The zero-order valence-corrected chi connectivity index (χ0v) is 12.2. The zero-order valence-electron chi connectivity index (χ0n) is 12.2. The molecule has 5 nitrogen and oxygen atoms in total. The number of rotatable bonds is 4. The van der Waals surface area contributed by atoms with Gasteiger partial charge in [0.25, 0.3) is 0 Å². The number of aliphatic imine (C=N–C) groups is 1. The number of aromatic amines is 1. The van der Waals surface area contributed by atoms with E-state index >= 15 is 0 Å². The minimum absolute atomic E-state index is 0.687. The Bertz CT molecular complexity index is 559. The fourth-order valence-electron chi connectivity index (χ4n) is 2.05. The summed E-state index contributed by atoms with van der Waals surface area (Å²) in [6.07, 6.45) is 1.87. The van der Waals surface area contributed by atoms with Crippen LogP contribution >= 0.6 is 0 Å². The predicted octanol–water partition coefficient (Wildman–Crippen LogP) is 2.10. The van der Waals surface area contributed by atoms with E-state index in [1.54, 1.807) is 7.05 Å². The van der Waals surface area contributed by atoms with Gasteiger partial charge in [0.1, 0.15) is 5.82 Å². The van der Waals surface area contributed by atoms with Crippen LogP contribution in [0, 0.1) is 0 Å². The average molecular weight is 271 g/mol. The number of nitrogens with one attached hydrogen (secondary N) is 2. The third-order valence-corrected chi connectivity index (χ3v) is 3.01. The topological polar surface area (TPSA) is 56.3 Å². The molecule has 0 amide bonds. The first-order valence-corrected chi connectivity index (χ1v) is 6.75. The molecule has 0 unspecified atom stereocenters. The Morgan fingerprint density at radius 2 is 2.10 bits per heavy atom. The number of benzene rings is 1. The van der Waals surface area contributed by atoms with Gasteiger partial charge in [-0.2, -0.15) is 0 Å². The van der Waals surface area contributed by atoms with Crippen molar-refractivity contribution < 1.29 is 0 Å². The van der Waals surface area contributed by atoms with E-state index in [1.165, 1.54) is 0 Å². The van der Waals surface area contributed by atoms with Crippen molar-refractivity contribution in [2.75, 3.05) is 20.6 Å². The first-order chi connectivity index (χ1) is 9.74. The number of guanidine groups is 1. The van der Waals surface area contributed by atoms with Crippen molar-refractivity contribution in [3.63, 3.8) is 0 Å². The van der Waals surface area contributed by atoms with Gasteiger partial charge >= 0.3 is 0 Å². The fourth-order valence-corrected chi connectivity index (χ4v) is 2.05. The molecular formula is C15H21N5. The Hall–Kier alpha value is -2.30. The Morgan fingerprint density at radius 1 is 1.35 bits per heavy atom. The SMILES string of the molecule is CCNC(=NC)N(C)Cc1ncc(-c2ccccc2)[nH]1. The van der Waals surface area contributed by atoms with E-state index in [-0.39, 0.29) is 0 Å². The first-order valence-electron chi connectivity index (χ1n) is 6.75. The van der Waals surface area contributed by atoms with E-state index in [1.807, 2.05) is 36.3 Å². The van der Waals surface area contributed by atoms with Gasteiger partial charge in [-0.05, 0) is 12.5 Å². The van der Waals surface area contributed by atoms with Crippen molar-refractivity contribution in [3.05, 3.63) is 42.4 Å². The zero-order chi connectivity index (χ0) is 14.4. The van der Waals surface area contributed by atoms with Crippen molar-refractivity contribution in [2.45, 2.75) is 13.5 Å². The van der Waals surface area contributed by atoms with Gasteiger partial charge in [-0.3, -0.25) is 4.99 Å². The molecule has 1 aromatic carbocycles. The van der Waals surface area contributed by atoms with Crippen molar-refractivity contribution in [2.24, 2.45) is 4.99 Å². The largest absolute Gasteiger partial charge is 0.357 e. The van der Waals surface area contributed by atoms with E-state index in [9.17, 15) is 0 Å². The molecule has 106 valence electrons. The summed E-state index contributed by atoms with van der Waals surface area (Å²) in [5, 5.41) is 3.23. The van der Waals surface area contributed by atoms with Crippen LogP contribution in [0.2, 0.25) is 0 Å². The lowest BCUT2D eigenvalue weighted by Crippen LogP contribution is -2.38. The van der Waals surface area contributed by atoms with Gasteiger partial charge in [0.05, 0.1) is 18.4 Å². The van der Waals surface area contributed by atoms with Crippen LogP contribution in [-0.4, -0.2) is 41.5 Å². The lowest BCUT2D eigenvalue weighted by atomic mass is 10.2.